The number of amides is 1. The molecule has 0 aliphatic rings. The third-order valence-corrected chi connectivity index (χ3v) is 2.68. The maximum atomic E-state index is 11.7. The number of hydrazone groups is 1. The largest absolute Gasteiger partial charge is 0.504 e. The molecule has 126 valence electrons. The molecule has 2 N–H and O–H groups in total. The summed E-state index contributed by atoms with van der Waals surface area (Å²) < 4.78 is 6.26. The predicted octanol–water partition coefficient (Wildman–Crippen LogP) is 0.441. The number of phenolic OH excluding ortho intramolecular Hbond substituents is 1. The van der Waals surface area contributed by atoms with E-state index in [0.717, 1.165) is 11.0 Å². The van der Waals surface area contributed by atoms with E-state index in [4.69, 9.17) is 4.74 Å². The van der Waals surface area contributed by atoms with E-state index in [-0.39, 0.29) is 12.3 Å². The summed E-state index contributed by atoms with van der Waals surface area (Å²) in [5.41, 5.74) is 2.86. The number of carbonyl (C=O) groups excluding carboxylic acids is 1. The Hall–Kier alpha value is -3.50. The van der Waals surface area contributed by atoms with Gasteiger partial charge in [-0.15, -0.1) is 0 Å². The molecule has 1 amide bonds. The molecule has 0 bridgehead atoms. The zero-order valence-corrected chi connectivity index (χ0v) is 12.6. The van der Waals surface area contributed by atoms with E-state index in [1.54, 1.807) is 19.1 Å². The summed E-state index contributed by atoms with van der Waals surface area (Å²) >= 11 is 0. The summed E-state index contributed by atoms with van der Waals surface area (Å²) in [6.07, 6.45) is 2.44. The van der Waals surface area contributed by atoms with E-state index in [0.29, 0.717) is 17.9 Å². The molecule has 2 aromatic rings. The normalized spacial score (nSPS) is 10.7. The van der Waals surface area contributed by atoms with E-state index in [1.807, 2.05) is 0 Å². The van der Waals surface area contributed by atoms with Crippen molar-refractivity contribution in [1.82, 2.24) is 20.2 Å². The van der Waals surface area contributed by atoms with Gasteiger partial charge in [-0.3, -0.25) is 4.79 Å². The lowest BCUT2D eigenvalue weighted by molar-refractivity contribution is -0.394. The lowest BCUT2D eigenvalue weighted by Gasteiger charge is -2.05. The fraction of sp³-hybridized carbons (Fsp3) is 0.231. The summed E-state index contributed by atoms with van der Waals surface area (Å²) in [5.74, 6) is -0.804. The average Bonchev–Trinajstić information content (AvgIpc) is 2.99. The van der Waals surface area contributed by atoms with E-state index >= 15 is 0 Å². The summed E-state index contributed by atoms with van der Waals surface area (Å²) in [7, 11) is 0. The van der Waals surface area contributed by atoms with Gasteiger partial charge in [-0.2, -0.15) is 9.78 Å². The van der Waals surface area contributed by atoms with Crippen molar-refractivity contribution in [2.45, 2.75) is 13.5 Å². The Morgan fingerprint density at radius 3 is 3.04 bits per heavy atom. The van der Waals surface area contributed by atoms with E-state index < -0.39 is 16.8 Å². The van der Waals surface area contributed by atoms with E-state index in [9.17, 15) is 20.0 Å². The number of hydrogen-bond donors (Lipinski definition) is 2. The number of aromatic nitrogens is 3. The third-order valence-electron chi connectivity index (χ3n) is 2.68. The fourth-order valence-electron chi connectivity index (χ4n) is 1.69. The Kier molecular flexibility index (Phi) is 5.39. The van der Waals surface area contributed by atoms with Gasteiger partial charge < -0.3 is 20.0 Å². The van der Waals surface area contributed by atoms with Gasteiger partial charge in [0.05, 0.1) is 12.8 Å². The molecular weight excluding hydrogens is 320 g/mol. The van der Waals surface area contributed by atoms with Crippen molar-refractivity contribution in [2.75, 3.05) is 6.61 Å². The highest BCUT2D eigenvalue weighted by Gasteiger charge is 2.14. The molecule has 0 saturated heterocycles. The van der Waals surface area contributed by atoms with Crippen LogP contribution in [0.15, 0.2) is 29.6 Å². The smallest absolute Gasteiger partial charge is 0.490 e. The molecule has 1 aromatic carbocycles. The van der Waals surface area contributed by atoms with Crippen LogP contribution in [0, 0.1) is 10.1 Å². The first-order valence-electron chi connectivity index (χ1n) is 6.81. The van der Waals surface area contributed by atoms with Crippen LogP contribution in [-0.4, -0.2) is 43.5 Å². The maximum absolute atomic E-state index is 11.7. The zero-order valence-electron chi connectivity index (χ0n) is 12.6. The van der Waals surface area contributed by atoms with Crippen LogP contribution in [0.5, 0.6) is 11.5 Å². The second-order valence-corrected chi connectivity index (χ2v) is 4.45. The molecule has 0 spiro atoms. The molecule has 0 saturated carbocycles. The minimum atomic E-state index is -0.757. The van der Waals surface area contributed by atoms with Crippen molar-refractivity contribution >= 4 is 18.1 Å². The van der Waals surface area contributed by atoms with E-state index in [2.05, 4.69) is 20.6 Å². The first kappa shape index (κ1) is 16.9. The van der Waals surface area contributed by atoms with Crippen LogP contribution in [0.25, 0.3) is 0 Å². The number of nitrogens with zero attached hydrogens (tertiary/aromatic N) is 5. The van der Waals surface area contributed by atoms with Gasteiger partial charge in [-0.1, -0.05) is 4.98 Å². The minimum Gasteiger partial charge on any atom is -0.504 e. The van der Waals surface area contributed by atoms with Crippen LogP contribution < -0.4 is 10.2 Å². The van der Waals surface area contributed by atoms with Crippen molar-refractivity contribution in [2.24, 2.45) is 5.10 Å². The standard InChI is InChI=1S/C13H14N6O5/c1-2-24-11-5-9(3-4-10(11)20)6-15-16-12(21)7-18-8-14-13(17-18)19(22)23/h3-6,8,20H,2,7H2,1H3,(H,16,21)/b15-6+. The first-order valence-corrected chi connectivity index (χ1v) is 6.81. The average molecular weight is 334 g/mol. The second kappa shape index (κ2) is 7.67. The van der Waals surface area contributed by atoms with Crippen LogP contribution in [0.2, 0.25) is 0 Å². The lowest BCUT2D eigenvalue weighted by atomic mass is 10.2. The maximum Gasteiger partial charge on any atom is 0.490 e. The molecule has 0 unspecified atom stereocenters. The summed E-state index contributed by atoms with van der Waals surface area (Å²) in [6, 6.07) is 4.60. The summed E-state index contributed by atoms with van der Waals surface area (Å²) in [5, 5.41) is 27.3. The highest BCUT2D eigenvalue weighted by Crippen LogP contribution is 2.26. The highest BCUT2D eigenvalue weighted by atomic mass is 16.6. The molecule has 1 heterocycles. The zero-order chi connectivity index (χ0) is 17.5. The van der Waals surface area contributed by atoms with Crippen LogP contribution >= 0.6 is 0 Å². The molecule has 2 rings (SSSR count). The van der Waals surface area contributed by atoms with Gasteiger partial charge in [0.15, 0.2) is 11.5 Å². The Bertz CT molecular complexity index is 772. The fourth-order valence-corrected chi connectivity index (χ4v) is 1.69. The molecule has 11 heteroatoms. The van der Waals surface area contributed by atoms with Crippen molar-refractivity contribution in [3.05, 3.63) is 40.2 Å². The molecule has 1 aromatic heterocycles. The number of nitro groups is 1. The number of hydrogen-bond acceptors (Lipinski definition) is 8. The number of phenols is 1. The van der Waals surface area contributed by atoms with Crippen molar-refractivity contribution < 1.29 is 19.6 Å². The number of nitrogens with one attached hydrogen (secondary N) is 1. The monoisotopic (exact) mass is 334 g/mol. The summed E-state index contributed by atoms with van der Waals surface area (Å²) in [6.45, 7) is 1.92. The Labute approximate surface area is 135 Å². The Morgan fingerprint density at radius 1 is 1.58 bits per heavy atom. The van der Waals surface area contributed by atoms with Gasteiger partial charge in [-0.05, 0) is 35.6 Å². The Morgan fingerprint density at radius 2 is 2.38 bits per heavy atom. The highest BCUT2D eigenvalue weighted by molar-refractivity contribution is 5.83. The van der Waals surface area contributed by atoms with Crippen LogP contribution in [0.4, 0.5) is 5.95 Å². The van der Waals surface area contributed by atoms with E-state index in [1.165, 1.54) is 12.3 Å². The van der Waals surface area contributed by atoms with Crippen molar-refractivity contribution in [3.8, 4) is 11.5 Å². The van der Waals surface area contributed by atoms with Crippen LogP contribution in [0.3, 0.4) is 0 Å². The van der Waals surface area contributed by atoms with Gasteiger partial charge in [0.2, 0.25) is 6.33 Å². The van der Waals surface area contributed by atoms with Gasteiger partial charge in [-0.25, -0.2) is 5.43 Å². The summed E-state index contributed by atoms with van der Waals surface area (Å²) in [4.78, 5) is 24.8. The second-order valence-electron chi connectivity index (χ2n) is 4.45. The van der Waals surface area contributed by atoms with Crippen molar-refractivity contribution in [1.29, 1.82) is 0 Å². The molecule has 11 nitrogen and oxygen atoms in total. The molecule has 0 aliphatic carbocycles. The Balaban J connectivity index is 1.92. The quantitative estimate of drug-likeness (QED) is 0.424. The number of ether oxygens (including phenoxy) is 1. The molecule has 0 fully saturated rings. The number of carbonyl (C=O) groups is 1. The molecule has 0 aliphatic heterocycles. The lowest BCUT2D eigenvalue weighted by Crippen LogP contribution is -2.23. The van der Waals surface area contributed by atoms with Gasteiger partial charge in [0.1, 0.15) is 6.54 Å². The number of rotatable bonds is 7. The van der Waals surface area contributed by atoms with Gasteiger partial charge in [0.25, 0.3) is 5.91 Å². The topological polar surface area (TPSA) is 145 Å². The third kappa shape index (κ3) is 4.50. The number of aromatic hydroxyl groups is 1. The SMILES string of the molecule is CCOc1cc(/C=N/NC(=O)Cn2cnc([N+](=O)[O-])n2)ccc1O. The van der Waals surface area contributed by atoms with Gasteiger partial charge >= 0.3 is 5.95 Å². The van der Waals surface area contributed by atoms with Gasteiger partial charge in [0, 0.05) is 5.10 Å². The predicted molar refractivity (Wildman–Crippen MR) is 81.7 cm³/mol. The molecular formula is C13H14N6O5. The first-order chi connectivity index (χ1) is 11.5. The van der Waals surface area contributed by atoms with Crippen LogP contribution in [-0.2, 0) is 11.3 Å². The molecule has 0 radical (unpaired) electrons. The minimum absolute atomic E-state index is 0.00538. The molecule has 24 heavy (non-hydrogen) atoms. The number of benzene rings is 1. The molecule has 0 atom stereocenters. The van der Waals surface area contributed by atoms with Crippen molar-refractivity contribution in [3.63, 3.8) is 0 Å². The van der Waals surface area contributed by atoms with Crippen LogP contribution in [0.1, 0.15) is 12.5 Å².